The number of aliphatic hydroxyl groups excluding tert-OH is 1. The number of hydrogen-bond acceptors (Lipinski definition) is 4. The van der Waals surface area contributed by atoms with Crippen LogP contribution in [0.1, 0.15) is 36.7 Å². The molecule has 5 nitrogen and oxygen atoms in total. The van der Waals surface area contributed by atoms with Gasteiger partial charge in [-0.15, -0.1) is 0 Å². The van der Waals surface area contributed by atoms with Gasteiger partial charge in [-0.2, -0.15) is 0 Å². The second-order valence-corrected chi connectivity index (χ2v) is 5.96. The summed E-state index contributed by atoms with van der Waals surface area (Å²) in [7, 11) is 0. The average Bonchev–Trinajstić information content (AvgIpc) is 3.20. The summed E-state index contributed by atoms with van der Waals surface area (Å²) in [4.78, 5) is 14.4. The van der Waals surface area contributed by atoms with E-state index in [1.54, 1.807) is 30.3 Å². The van der Waals surface area contributed by atoms with E-state index in [1.807, 2.05) is 11.0 Å². The summed E-state index contributed by atoms with van der Waals surface area (Å²) >= 11 is 0. The number of carbonyl (C=O) groups excluding carboxylic acids is 1. The van der Waals surface area contributed by atoms with Crippen LogP contribution in [0.2, 0.25) is 0 Å². The Hall–Kier alpha value is -2.27. The number of likely N-dealkylation sites (tertiary alicyclic amines) is 1. The van der Waals surface area contributed by atoms with Crippen molar-refractivity contribution >= 4 is 5.91 Å². The molecule has 1 aromatic heterocycles. The number of rotatable bonds is 5. The van der Waals surface area contributed by atoms with Gasteiger partial charge in [0.25, 0.3) is 0 Å². The highest BCUT2D eigenvalue weighted by atomic mass is 16.4. The Balaban J connectivity index is 1.64. The third-order valence-electron chi connectivity index (χ3n) is 4.40. The number of furan rings is 1. The first-order valence-electron chi connectivity index (χ1n) is 7.93. The van der Waals surface area contributed by atoms with Crippen LogP contribution in [-0.2, 0) is 11.2 Å². The first-order chi connectivity index (χ1) is 11.1. The predicted molar refractivity (Wildman–Crippen MR) is 84.8 cm³/mol. The van der Waals surface area contributed by atoms with E-state index in [2.05, 4.69) is 0 Å². The van der Waals surface area contributed by atoms with Crippen LogP contribution in [-0.4, -0.2) is 33.6 Å². The van der Waals surface area contributed by atoms with E-state index in [9.17, 15) is 15.0 Å². The minimum absolute atomic E-state index is 0.00783. The van der Waals surface area contributed by atoms with Crippen molar-refractivity contribution in [2.75, 3.05) is 6.54 Å². The van der Waals surface area contributed by atoms with Crippen molar-refractivity contribution < 1.29 is 19.4 Å². The maximum Gasteiger partial charge on any atom is 0.227 e. The average molecular weight is 315 g/mol. The number of phenols is 1. The minimum atomic E-state index is -0.700. The molecule has 1 saturated heterocycles. The molecule has 5 heteroatoms. The molecule has 2 N–H and O–H groups in total. The van der Waals surface area contributed by atoms with Gasteiger partial charge in [0.1, 0.15) is 17.6 Å². The van der Waals surface area contributed by atoms with Gasteiger partial charge >= 0.3 is 0 Å². The van der Waals surface area contributed by atoms with Gasteiger partial charge in [-0.25, -0.2) is 0 Å². The molecule has 23 heavy (non-hydrogen) atoms. The molecule has 1 aliphatic heterocycles. The quantitative estimate of drug-likeness (QED) is 0.889. The van der Waals surface area contributed by atoms with Gasteiger partial charge in [0.05, 0.1) is 12.7 Å². The number of benzene rings is 1. The van der Waals surface area contributed by atoms with Crippen molar-refractivity contribution in [1.82, 2.24) is 4.90 Å². The highest BCUT2D eigenvalue weighted by molar-refractivity contribution is 5.80. The number of hydrogen-bond donors (Lipinski definition) is 2. The fourth-order valence-electron chi connectivity index (χ4n) is 3.19. The first kappa shape index (κ1) is 15.6. The lowest BCUT2D eigenvalue weighted by Gasteiger charge is -2.26. The molecule has 2 atom stereocenters. The molecule has 0 radical (unpaired) electrons. The van der Waals surface area contributed by atoms with Gasteiger partial charge in [0, 0.05) is 24.6 Å². The van der Waals surface area contributed by atoms with Crippen LogP contribution in [0, 0.1) is 0 Å². The van der Waals surface area contributed by atoms with E-state index in [1.165, 1.54) is 6.26 Å². The molecule has 1 amide bonds. The Labute approximate surface area is 135 Å². The summed E-state index contributed by atoms with van der Waals surface area (Å²) in [5, 5.41) is 20.0. The molecular weight excluding hydrogens is 294 g/mol. The SMILES string of the molecule is O=C(Cc1ccccc1O)N1CCC[C@H]1C[C@H](O)c1ccco1. The number of aromatic hydroxyl groups is 1. The Morgan fingerprint density at radius 3 is 2.87 bits per heavy atom. The zero-order chi connectivity index (χ0) is 16.2. The molecule has 2 aromatic rings. The lowest BCUT2D eigenvalue weighted by atomic mass is 10.0. The van der Waals surface area contributed by atoms with Crippen LogP contribution in [0.5, 0.6) is 5.75 Å². The second-order valence-electron chi connectivity index (χ2n) is 5.96. The summed E-state index contributed by atoms with van der Waals surface area (Å²) in [5.41, 5.74) is 0.634. The number of nitrogens with zero attached hydrogens (tertiary/aromatic N) is 1. The fraction of sp³-hybridized carbons (Fsp3) is 0.389. The van der Waals surface area contributed by atoms with Crippen LogP contribution < -0.4 is 0 Å². The maximum atomic E-state index is 12.6. The van der Waals surface area contributed by atoms with Crippen molar-refractivity contribution in [2.24, 2.45) is 0 Å². The summed E-state index contributed by atoms with van der Waals surface area (Å²) in [5.74, 6) is 0.665. The molecule has 0 saturated carbocycles. The van der Waals surface area contributed by atoms with Gasteiger partial charge < -0.3 is 19.5 Å². The number of phenolic OH excluding ortho intramolecular Hbond substituents is 1. The van der Waals surface area contributed by atoms with Crippen molar-refractivity contribution in [1.29, 1.82) is 0 Å². The molecule has 1 aliphatic rings. The van der Waals surface area contributed by atoms with Gasteiger partial charge in [-0.3, -0.25) is 4.79 Å². The normalized spacial score (nSPS) is 19.0. The van der Waals surface area contributed by atoms with Crippen molar-refractivity contribution in [3.8, 4) is 5.75 Å². The molecule has 1 aromatic carbocycles. The molecular formula is C18H21NO4. The third kappa shape index (κ3) is 3.56. The summed E-state index contributed by atoms with van der Waals surface area (Å²) in [6.07, 6.45) is 3.30. The topological polar surface area (TPSA) is 73.9 Å². The van der Waals surface area contributed by atoms with E-state index in [4.69, 9.17) is 4.42 Å². The Morgan fingerprint density at radius 2 is 2.13 bits per heavy atom. The summed E-state index contributed by atoms with van der Waals surface area (Å²) in [6, 6.07) is 10.4. The molecule has 0 bridgehead atoms. The molecule has 3 rings (SSSR count). The molecule has 1 fully saturated rings. The Bertz CT molecular complexity index is 653. The standard InChI is InChI=1S/C18H21NO4/c20-15-7-2-1-5-13(15)11-18(22)19-9-3-6-14(19)12-16(21)17-8-4-10-23-17/h1-2,4-5,7-8,10,14,16,20-21H,3,6,9,11-12H2/t14-,16-/m0/s1. The highest BCUT2D eigenvalue weighted by Crippen LogP contribution is 2.28. The van der Waals surface area contributed by atoms with Gasteiger partial charge in [-0.05, 0) is 31.0 Å². The molecule has 0 aliphatic carbocycles. The zero-order valence-corrected chi connectivity index (χ0v) is 12.9. The van der Waals surface area contributed by atoms with E-state index in [0.29, 0.717) is 24.3 Å². The van der Waals surface area contributed by atoms with E-state index in [-0.39, 0.29) is 24.1 Å². The third-order valence-corrected chi connectivity index (χ3v) is 4.40. The van der Waals surface area contributed by atoms with Gasteiger partial charge in [-0.1, -0.05) is 18.2 Å². The maximum absolute atomic E-state index is 12.6. The second kappa shape index (κ2) is 6.87. The predicted octanol–water partition coefficient (Wildman–Crippen LogP) is 2.64. The number of carbonyl (C=O) groups is 1. The Kier molecular flexibility index (Phi) is 4.67. The van der Waals surface area contributed by atoms with Crippen LogP contribution in [0.25, 0.3) is 0 Å². The van der Waals surface area contributed by atoms with Crippen LogP contribution in [0.15, 0.2) is 47.1 Å². The molecule has 0 spiro atoms. The minimum Gasteiger partial charge on any atom is -0.508 e. The largest absolute Gasteiger partial charge is 0.508 e. The molecule has 2 heterocycles. The van der Waals surface area contributed by atoms with Crippen molar-refractivity contribution in [2.45, 2.75) is 37.8 Å². The monoisotopic (exact) mass is 315 g/mol. The zero-order valence-electron chi connectivity index (χ0n) is 12.9. The van der Waals surface area contributed by atoms with Gasteiger partial charge in [0.2, 0.25) is 5.91 Å². The summed E-state index contributed by atoms with van der Waals surface area (Å²) < 4.78 is 5.23. The number of aliphatic hydroxyl groups is 1. The van der Waals surface area contributed by atoms with E-state index in [0.717, 1.165) is 12.8 Å². The molecule has 0 unspecified atom stereocenters. The lowest BCUT2D eigenvalue weighted by molar-refractivity contribution is -0.131. The van der Waals surface area contributed by atoms with E-state index < -0.39 is 6.10 Å². The Morgan fingerprint density at radius 1 is 1.30 bits per heavy atom. The molecule has 122 valence electrons. The highest BCUT2D eigenvalue weighted by Gasteiger charge is 2.31. The van der Waals surface area contributed by atoms with Crippen LogP contribution in [0.3, 0.4) is 0 Å². The number of para-hydroxylation sites is 1. The van der Waals surface area contributed by atoms with Crippen molar-refractivity contribution in [3.63, 3.8) is 0 Å². The van der Waals surface area contributed by atoms with Crippen molar-refractivity contribution in [3.05, 3.63) is 54.0 Å². The number of amides is 1. The van der Waals surface area contributed by atoms with Crippen LogP contribution in [0.4, 0.5) is 0 Å². The lowest BCUT2D eigenvalue weighted by Crippen LogP contribution is -2.37. The fourth-order valence-corrected chi connectivity index (χ4v) is 3.19. The first-order valence-corrected chi connectivity index (χ1v) is 7.93. The van der Waals surface area contributed by atoms with Crippen LogP contribution >= 0.6 is 0 Å². The van der Waals surface area contributed by atoms with E-state index >= 15 is 0 Å². The smallest absolute Gasteiger partial charge is 0.227 e. The van der Waals surface area contributed by atoms with Gasteiger partial charge in [0.15, 0.2) is 0 Å². The summed E-state index contributed by atoms with van der Waals surface area (Å²) in [6.45, 7) is 0.696.